The number of carbonyl (C=O) groups is 1. The first-order valence-electron chi connectivity index (χ1n) is 9.55. The van der Waals surface area contributed by atoms with Gasteiger partial charge in [-0.25, -0.2) is 4.98 Å². The first-order chi connectivity index (χ1) is 14.2. The zero-order chi connectivity index (χ0) is 21.5. The Labute approximate surface area is 170 Å². The molecule has 2 aromatic rings. The Morgan fingerprint density at radius 2 is 1.87 bits per heavy atom. The molecule has 1 aromatic heterocycles. The molecule has 1 aliphatic heterocycles. The highest BCUT2D eigenvalue weighted by molar-refractivity contribution is 5.83. The molecule has 1 saturated carbocycles. The zero-order valence-corrected chi connectivity index (χ0v) is 15.9. The van der Waals surface area contributed by atoms with Crippen LogP contribution in [0.5, 0.6) is 0 Å². The largest absolute Gasteiger partial charge is 0.416 e. The molecule has 1 aliphatic carbocycles. The number of hydrogen-bond acceptors (Lipinski definition) is 5. The number of halogens is 3. The fraction of sp³-hybridized carbons (Fsp3) is 0.400. The lowest BCUT2D eigenvalue weighted by molar-refractivity contribution is -0.385. The van der Waals surface area contributed by atoms with Gasteiger partial charge in [0.25, 0.3) is 5.69 Å². The number of carbonyl (C=O) groups excluding carboxylic acids is 1. The van der Waals surface area contributed by atoms with Gasteiger partial charge in [-0.1, -0.05) is 18.2 Å². The molecule has 2 atom stereocenters. The van der Waals surface area contributed by atoms with Crippen molar-refractivity contribution in [3.8, 4) is 0 Å². The minimum Gasteiger partial charge on any atom is -0.353 e. The molecule has 2 fully saturated rings. The van der Waals surface area contributed by atoms with Crippen molar-refractivity contribution in [3.63, 3.8) is 0 Å². The maximum absolute atomic E-state index is 12.9. The third-order valence-electron chi connectivity index (χ3n) is 5.61. The summed E-state index contributed by atoms with van der Waals surface area (Å²) in [5.41, 5.74) is -0.221. The molecule has 0 bridgehead atoms. The van der Waals surface area contributed by atoms with E-state index in [9.17, 15) is 28.1 Å². The molecule has 158 valence electrons. The van der Waals surface area contributed by atoms with E-state index in [0.29, 0.717) is 44.0 Å². The van der Waals surface area contributed by atoms with Gasteiger partial charge < -0.3 is 9.80 Å². The van der Waals surface area contributed by atoms with E-state index in [0.717, 1.165) is 12.1 Å². The Balaban J connectivity index is 1.34. The molecular formula is C20H19F3N4O3. The van der Waals surface area contributed by atoms with Gasteiger partial charge in [0, 0.05) is 38.2 Å². The van der Waals surface area contributed by atoms with Crippen molar-refractivity contribution in [2.24, 2.45) is 5.92 Å². The first-order valence-corrected chi connectivity index (χ1v) is 9.55. The number of aromatic nitrogens is 1. The van der Waals surface area contributed by atoms with Crippen LogP contribution in [-0.4, -0.2) is 46.9 Å². The average molecular weight is 420 g/mol. The van der Waals surface area contributed by atoms with Crippen LogP contribution in [0.2, 0.25) is 0 Å². The number of nitro groups is 1. The second-order valence-electron chi connectivity index (χ2n) is 7.52. The summed E-state index contributed by atoms with van der Waals surface area (Å²) in [5.74, 6) is 0.126. The number of nitrogens with zero attached hydrogens (tertiary/aromatic N) is 4. The molecule has 1 aromatic carbocycles. The molecule has 0 radical (unpaired) electrons. The lowest BCUT2D eigenvalue weighted by Gasteiger charge is -2.35. The van der Waals surface area contributed by atoms with Crippen LogP contribution < -0.4 is 4.90 Å². The zero-order valence-electron chi connectivity index (χ0n) is 15.9. The van der Waals surface area contributed by atoms with Crippen LogP contribution in [0.3, 0.4) is 0 Å². The summed E-state index contributed by atoms with van der Waals surface area (Å²) in [4.78, 5) is 30.8. The fourth-order valence-corrected chi connectivity index (χ4v) is 3.85. The van der Waals surface area contributed by atoms with Gasteiger partial charge in [0.05, 0.1) is 10.5 Å². The first kappa shape index (κ1) is 20.1. The molecule has 1 amide bonds. The van der Waals surface area contributed by atoms with Gasteiger partial charge in [0.15, 0.2) is 0 Å². The third-order valence-corrected chi connectivity index (χ3v) is 5.61. The third kappa shape index (κ3) is 4.07. The van der Waals surface area contributed by atoms with Gasteiger partial charge in [-0.15, -0.1) is 0 Å². The molecule has 4 rings (SSSR count). The molecule has 10 heteroatoms. The number of rotatable bonds is 4. The second kappa shape index (κ2) is 7.58. The monoisotopic (exact) mass is 420 g/mol. The van der Waals surface area contributed by atoms with Crippen molar-refractivity contribution in [1.29, 1.82) is 0 Å². The Morgan fingerprint density at radius 1 is 1.13 bits per heavy atom. The number of hydrogen-bond donors (Lipinski definition) is 0. The standard InChI is InChI=1S/C20H19F3N4O3/c21-20(22,23)14-3-1-2-13(10-14)16-11-17(16)19(28)26-8-6-25(7-9-26)18-5-4-15(12-24-18)27(29)30/h1-5,10,12,16-17H,6-9,11H2. The highest BCUT2D eigenvalue weighted by Crippen LogP contribution is 2.49. The maximum Gasteiger partial charge on any atom is 0.416 e. The van der Waals surface area contributed by atoms with Gasteiger partial charge in [-0.2, -0.15) is 13.2 Å². The van der Waals surface area contributed by atoms with Crippen LogP contribution in [0.15, 0.2) is 42.6 Å². The van der Waals surface area contributed by atoms with Crippen LogP contribution in [0.1, 0.15) is 23.5 Å². The summed E-state index contributed by atoms with van der Waals surface area (Å²) in [6, 6.07) is 8.17. The van der Waals surface area contributed by atoms with Gasteiger partial charge in [-0.05, 0) is 30.0 Å². The molecule has 0 N–H and O–H groups in total. The number of benzene rings is 1. The Morgan fingerprint density at radius 3 is 2.47 bits per heavy atom. The molecular weight excluding hydrogens is 401 g/mol. The molecule has 7 nitrogen and oxygen atoms in total. The number of pyridine rings is 1. The molecule has 30 heavy (non-hydrogen) atoms. The second-order valence-corrected chi connectivity index (χ2v) is 7.52. The molecule has 1 saturated heterocycles. The van der Waals surface area contributed by atoms with E-state index < -0.39 is 16.7 Å². The number of anilines is 1. The van der Waals surface area contributed by atoms with Gasteiger partial charge in [0.1, 0.15) is 12.0 Å². The van der Waals surface area contributed by atoms with E-state index in [1.54, 1.807) is 17.0 Å². The van der Waals surface area contributed by atoms with E-state index in [2.05, 4.69) is 4.98 Å². The predicted octanol–water partition coefficient (Wildman–Crippen LogP) is 3.46. The Bertz CT molecular complexity index is 957. The highest BCUT2D eigenvalue weighted by Gasteiger charge is 2.46. The summed E-state index contributed by atoms with van der Waals surface area (Å²) in [6.07, 6.45) is -2.63. The lowest BCUT2D eigenvalue weighted by Crippen LogP contribution is -2.49. The Kier molecular flexibility index (Phi) is 5.08. The van der Waals surface area contributed by atoms with Gasteiger partial charge >= 0.3 is 6.18 Å². The summed E-state index contributed by atoms with van der Waals surface area (Å²) < 4.78 is 38.8. The van der Waals surface area contributed by atoms with Crippen molar-refractivity contribution in [2.45, 2.75) is 18.5 Å². The van der Waals surface area contributed by atoms with Crippen LogP contribution >= 0.6 is 0 Å². The number of piperazine rings is 1. The SMILES string of the molecule is O=C(C1CC1c1cccc(C(F)(F)F)c1)N1CCN(c2ccc([N+](=O)[O-])cn2)CC1. The maximum atomic E-state index is 12.9. The smallest absolute Gasteiger partial charge is 0.353 e. The number of alkyl halides is 3. The summed E-state index contributed by atoms with van der Waals surface area (Å²) >= 11 is 0. The van der Waals surface area contributed by atoms with E-state index >= 15 is 0 Å². The van der Waals surface area contributed by atoms with Crippen LogP contribution in [-0.2, 0) is 11.0 Å². The van der Waals surface area contributed by atoms with E-state index in [1.807, 2.05) is 4.90 Å². The average Bonchev–Trinajstić information content (AvgIpc) is 3.54. The van der Waals surface area contributed by atoms with E-state index in [4.69, 9.17) is 0 Å². The van der Waals surface area contributed by atoms with E-state index in [1.165, 1.54) is 18.3 Å². The molecule has 2 unspecified atom stereocenters. The summed E-state index contributed by atoms with van der Waals surface area (Å²) in [6.45, 7) is 2.03. The minimum atomic E-state index is -4.40. The lowest BCUT2D eigenvalue weighted by atomic mass is 10.0. The van der Waals surface area contributed by atoms with Crippen LogP contribution in [0.25, 0.3) is 0 Å². The summed E-state index contributed by atoms with van der Waals surface area (Å²) in [5, 5.41) is 10.7. The number of amides is 1. The molecule has 2 heterocycles. The van der Waals surface area contributed by atoms with Crippen LogP contribution in [0.4, 0.5) is 24.7 Å². The van der Waals surface area contributed by atoms with Gasteiger partial charge in [0.2, 0.25) is 5.91 Å². The molecule has 0 spiro atoms. The Hall–Kier alpha value is -3.17. The van der Waals surface area contributed by atoms with Gasteiger partial charge in [-0.3, -0.25) is 14.9 Å². The van der Waals surface area contributed by atoms with Crippen molar-refractivity contribution < 1.29 is 22.9 Å². The normalized spacial score (nSPS) is 21.4. The van der Waals surface area contributed by atoms with E-state index in [-0.39, 0.29) is 23.4 Å². The van der Waals surface area contributed by atoms with Crippen molar-refractivity contribution in [3.05, 3.63) is 63.8 Å². The molecule has 2 aliphatic rings. The summed E-state index contributed by atoms with van der Waals surface area (Å²) in [7, 11) is 0. The predicted molar refractivity (Wildman–Crippen MR) is 102 cm³/mol. The van der Waals surface area contributed by atoms with Crippen molar-refractivity contribution >= 4 is 17.4 Å². The quantitative estimate of drug-likeness (QED) is 0.559. The highest BCUT2D eigenvalue weighted by atomic mass is 19.4. The minimum absolute atomic E-state index is 0.0336. The van der Waals surface area contributed by atoms with Crippen LogP contribution in [0, 0.1) is 16.0 Å². The fourth-order valence-electron chi connectivity index (χ4n) is 3.85. The van der Waals surface area contributed by atoms with Crippen molar-refractivity contribution in [2.75, 3.05) is 31.1 Å². The van der Waals surface area contributed by atoms with Crippen molar-refractivity contribution in [1.82, 2.24) is 9.88 Å². The topological polar surface area (TPSA) is 79.6 Å².